The third-order valence-corrected chi connectivity index (χ3v) is 5.91. The smallest absolute Gasteiger partial charge is 0.224 e. The maximum absolute atomic E-state index is 11.9. The van der Waals surface area contributed by atoms with Crippen molar-refractivity contribution in [1.82, 2.24) is 9.97 Å². The number of thiophene rings is 1. The molecule has 0 amide bonds. The summed E-state index contributed by atoms with van der Waals surface area (Å²) in [5.41, 5.74) is 7.93. The normalized spacial score (nSPS) is 11.1. The average Bonchev–Trinajstić information content (AvgIpc) is 2.97. The van der Waals surface area contributed by atoms with Crippen molar-refractivity contribution in [2.45, 2.75) is 19.8 Å². The average molecular weight is 425 g/mol. The summed E-state index contributed by atoms with van der Waals surface area (Å²) >= 11 is 13.4. The highest BCUT2D eigenvalue weighted by atomic mass is 35.5. The fourth-order valence-corrected chi connectivity index (χ4v) is 3.94. The monoisotopic (exact) mass is 424 g/mol. The highest BCUT2D eigenvalue weighted by Gasteiger charge is 2.20. The number of rotatable bonds is 7. The Hall–Kier alpha value is -1.93. The number of carbonyl (C=O) groups is 1. The number of aliphatic hydroxyl groups is 1. The summed E-state index contributed by atoms with van der Waals surface area (Å²) < 4.78 is 0. The quantitative estimate of drug-likeness (QED) is 0.377. The fourth-order valence-electron chi connectivity index (χ4n) is 2.65. The van der Waals surface area contributed by atoms with Gasteiger partial charge >= 0.3 is 0 Å². The lowest BCUT2D eigenvalue weighted by Crippen LogP contribution is -2.07. The van der Waals surface area contributed by atoms with Crippen molar-refractivity contribution >= 4 is 62.2 Å². The predicted molar refractivity (Wildman–Crippen MR) is 112 cm³/mol. The van der Waals surface area contributed by atoms with Gasteiger partial charge in [-0.1, -0.05) is 29.3 Å². The van der Waals surface area contributed by atoms with Gasteiger partial charge in [-0.15, -0.1) is 11.3 Å². The summed E-state index contributed by atoms with van der Waals surface area (Å²) in [4.78, 5) is 22.1. The van der Waals surface area contributed by atoms with Gasteiger partial charge in [0.25, 0.3) is 0 Å². The van der Waals surface area contributed by atoms with E-state index in [2.05, 4.69) is 15.3 Å². The molecule has 2 aromatic heterocycles. The van der Waals surface area contributed by atoms with Crippen LogP contribution in [0.25, 0.3) is 21.5 Å². The number of unbranched alkanes of at least 4 members (excludes halogenated alkanes) is 1. The minimum atomic E-state index is -0.118. The van der Waals surface area contributed by atoms with Gasteiger partial charge in [0.15, 0.2) is 5.78 Å². The lowest BCUT2D eigenvalue weighted by atomic mass is 10.1. The second-order valence-electron chi connectivity index (χ2n) is 5.96. The lowest BCUT2D eigenvalue weighted by Gasteiger charge is -2.09. The molecule has 2 heterocycles. The molecule has 0 aliphatic heterocycles. The highest BCUT2D eigenvalue weighted by Crippen LogP contribution is 2.40. The maximum Gasteiger partial charge on any atom is 0.224 e. The summed E-state index contributed by atoms with van der Waals surface area (Å²) in [6.07, 6.45) is 1.47. The van der Waals surface area contributed by atoms with Gasteiger partial charge in [0.2, 0.25) is 5.95 Å². The Morgan fingerprint density at radius 2 is 2.04 bits per heavy atom. The van der Waals surface area contributed by atoms with E-state index in [1.807, 2.05) is 0 Å². The number of aliphatic hydroxyl groups excluding tert-OH is 1. The molecule has 142 valence electrons. The van der Waals surface area contributed by atoms with Gasteiger partial charge in [0.1, 0.15) is 4.83 Å². The second-order valence-corrected chi connectivity index (χ2v) is 7.78. The lowest BCUT2D eigenvalue weighted by molar-refractivity contribution is 0.102. The number of nitrogens with two attached hydrogens (primary N) is 1. The molecule has 0 aliphatic carbocycles. The van der Waals surface area contributed by atoms with Crippen molar-refractivity contribution < 1.29 is 9.90 Å². The summed E-state index contributed by atoms with van der Waals surface area (Å²) in [6, 6.07) is 5.21. The first-order valence-corrected chi connectivity index (χ1v) is 9.90. The molecule has 0 aliphatic rings. The number of nitrogen functional groups attached to an aromatic ring is 1. The van der Waals surface area contributed by atoms with Crippen molar-refractivity contribution in [2.24, 2.45) is 0 Å². The van der Waals surface area contributed by atoms with Crippen molar-refractivity contribution in [1.29, 1.82) is 0 Å². The zero-order valence-corrected chi connectivity index (χ0v) is 16.9. The minimum absolute atomic E-state index is 0.118. The van der Waals surface area contributed by atoms with Gasteiger partial charge in [-0.05, 0) is 25.0 Å². The molecule has 0 atom stereocenters. The van der Waals surface area contributed by atoms with Crippen LogP contribution in [0.3, 0.4) is 0 Å². The molecule has 3 rings (SSSR count). The maximum atomic E-state index is 11.9. The van der Waals surface area contributed by atoms with Crippen LogP contribution in [0.5, 0.6) is 0 Å². The fraction of sp³-hybridized carbons (Fsp3) is 0.278. The summed E-state index contributed by atoms with van der Waals surface area (Å²) in [5, 5.41) is 13.5. The van der Waals surface area contributed by atoms with Gasteiger partial charge < -0.3 is 16.2 Å². The third-order valence-electron chi connectivity index (χ3n) is 3.97. The molecule has 0 radical (unpaired) electrons. The number of benzene rings is 1. The molecular weight excluding hydrogens is 407 g/mol. The molecule has 3 aromatic rings. The first kappa shape index (κ1) is 19.8. The molecule has 0 fully saturated rings. The van der Waals surface area contributed by atoms with Crippen molar-refractivity contribution in [3.05, 3.63) is 33.1 Å². The van der Waals surface area contributed by atoms with Crippen LogP contribution in [0.1, 0.15) is 29.4 Å². The molecule has 0 saturated carbocycles. The molecule has 6 nitrogen and oxygen atoms in total. The van der Waals surface area contributed by atoms with Crippen molar-refractivity contribution in [3.8, 4) is 11.3 Å². The molecule has 0 bridgehead atoms. The van der Waals surface area contributed by atoms with E-state index < -0.39 is 0 Å². The third kappa shape index (κ3) is 4.16. The largest absolute Gasteiger partial charge is 0.397 e. The number of nitrogens with one attached hydrogen (secondary N) is 1. The molecule has 1 aromatic carbocycles. The van der Waals surface area contributed by atoms with Crippen molar-refractivity contribution in [2.75, 3.05) is 24.2 Å². The van der Waals surface area contributed by atoms with E-state index in [0.29, 0.717) is 55.4 Å². The van der Waals surface area contributed by atoms with Gasteiger partial charge in [-0.2, -0.15) is 0 Å². The number of hydrogen-bond acceptors (Lipinski definition) is 7. The number of aromatic nitrogens is 2. The van der Waals surface area contributed by atoms with Gasteiger partial charge in [-0.25, -0.2) is 9.97 Å². The predicted octanol–water partition coefficient (Wildman–Crippen LogP) is 4.63. The van der Waals surface area contributed by atoms with Crippen LogP contribution in [0.15, 0.2) is 18.2 Å². The van der Waals surface area contributed by atoms with Crippen molar-refractivity contribution in [3.63, 3.8) is 0 Å². The van der Waals surface area contributed by atoms with Crippen LogP contribution in [-0.4, -0.2) is 34.0 Å². The highest BCUT2D eigenvalue weighted by molar-refractivity contribution is 7.21. The van der Waals surface area contributed by atoms with Crippen LogP contribution >= 0.6 is 34.5 Å². The SMILES string of the molecule is CC(=O)c1sc2nc(NCCCCO)nc(-c3ccc(Cl)c(Cl)c3)c2c1N. The number of nitrogens with zero attached hydrogens (tertiary/aromatic N) is 2. The van der Waals surface area contributed by atoms with E-state index >= 15 is 0 Å². The minimum Gasteiger partial charge on any atom is -0.397 e. The Bertz CT molecular complexity index is 1010. The molecule has 4 N–H and O–H groups in total. The standard InChI is InChI=1S/C18H18Cl2N4O2S/c1-9(26)16-14(21)13-15(10-4-5-11(19)12(20)8-10)23-18(24-17(13)27-16)22-6-2-3-7-25/h4-5,8,25H,2-3,6-7,21H2,1H3,(H,22,23,24). The zero-order valence-electron chi connectivity index (χ0n) is 14.6. The zero-order chi connectivity index (χ0) is 19.6. The molecular formula is C18H18Cl2N4O2S. The molecule has 0 unspecified atom stereocenters. The molecule has 27 heavy (non-hydrogen) atoms. The first-order valence-electron chi connectivity index (χ1n) is 8.33. The van der Waals surface area contributed by atoms with Crippen LogP contribution in [0.4, 0.5) is 11.6 Å². The number of Topliss-reactive ketones (excluding diaryl/α,β-unsaturated/α-hetero) is 1. The van der Waals surface area contributed by atoms with Crippen LogP contribution in [0.2, 0.25) is 10.0 Å². The van der Waals surface area contributed by atoms with E-state index in [4.69, 9.17) is 34.0 Å². The van der Waals surface area contributed by atoms with E-state index in [0.717, 1.165) is 12.0 Å². The Labute approximate surface area is 170 Å². The summed E-state index contributed by atoms with van der Waals surface area (Å²) in [7, 11) is 0. The summed E-state index contributed by atoms with van der Waals surface area (Å²) in [6.45, 7) is 2.23. The molecule has 0 spiro atoms. The van der Waals surface area contributed by atoms with E-state index in [9.17, 15) is 4.79 Å². The number of fused-ring (bicyclic) bond motifs is 1. The number of halogens is 2. The van der Waals surface area contributed by atoms with E-state index in [-0.39, 0.29) is 12.4 Å². The first-order chi connectivity index (χ1) is 12.9. The Morgan fingerprint density at radius 3 is 2.70 bits per heavy atom. The Balaban J connectivity index is 2.14. The number of ketones is 1. The van der Waals surface area contributed by atoms with Crippen LogP contribution in [-0.2, 0) is 0 Å². The Kier molecular flexibility index (Phi) is 6.16. The summed E-state index contributed by atoms with van der Waals surface area (Å²) in [5.74, 6) is 0.311. The van der Waals surface area contributed by atoms with Gasteiger partial charge in [0.05, 0.1) is 31.7 Å². The van der Waals surface area contributed by atoms with E-state index in [1.54, 1.807) is 18.2 Å². The van der Waals surface area contributed by atoms with Crippen LogP contribution < -0.4 is 11.1 Å². The molecule has 9 heteroatoms. The number of anilines is 2. The van der Waals surface area contributed by atoms with Gasteiger partial charge in [0, 0.05) is 25.6 Å². The topological polar surface area (TPSA) is 101 Å². The molecule has 0 saturated heterocycles. The van der Waals surface area contributed by atoms with E-state index in [1.165, 1.54) is 18.3 Å². The second kappa shape index (κ2) is 8.39. The van der Waals surface area contributed by atoms with Crippen LogP contribution in [0, 0.1) is 0 Å². The number of carbonyl (C=O) groups excluding carboxylic acids is 1. The number of hydrogen-bond donors (Lipinski definition) is 3. The van der Waals surface area contributed by atoms with Gasteiger partial charge in [-0.3, -0.25) is 4.79 Å². The Morgan fingerprint density at radius 1 is 1.26 bits per heavy atom.